The van der Waals surface area contributed by atoms with Crippen molar-refractivity contribution in [2.24, 2.45) is 17.8 Å². The number of amides is 2. The summed E-state index contributed by atoms with van der Waals surface area (Å²) in [4.78, 5) is 15.3. The van der Waals surface area contributed by atoms with E-state index in [1.165, 1.54) is 25.3 Å². The van der Waals surface area contributed by atoms with Crippen LogP contribution in [0.3, 0.4) is 0 Å². The van der Waals surface area contributed by atoms with Gasteiger partial charge in [0, 0.05) is 12.1 Å². The molecule has 9 heteroatoms. The molecule has 4 aliphatic carbocycles. The number of halogens is 1. The van der Waals surface area contributed by atoms with E-state index in [0.29, 0.717) is 29.1 Å². The van der Waals surface area contributed by atoms with E-state index in [2.05, 4.69) is 5.32 Å². The molecular formula is C29H31FN2O5S. The fourth-order valence-corrected chi connectivity index (χ4v) is 7.97. The lowest BCUT2D eigenvalue weighted by atomic mass is 9.53. The Hall–Kier alpha value is -3.33. The molecule has 4 fully saturated rings. The van der Waals surface area contributed by atoms with Crippen LogP contribution in [0.4, 0.5) is 9.18 Å². The van der Waals surface area contributed by atoms with Crippen LogP contribution in [0.5, 0.6) is 5.75 Å². The van der Waals surface area contributed by atoms with Gasteiger partial charge in [-0.2, -0.15) is 8.42 Å². The summed E-state index contributed by atoms with van der Waals surface area (Å²) in [5, 5.41) is 3.42. The number of furan rings is 1. The molecule has 0 unspecified atom stereocenters. The van der Waals surface area contributed by atoms with Gasteiger partial charge in [-0.15, -0.1) is 0 Å². The van der Waals surface area contributed by atoms with Crippen molar-refractivity contribution in [3.8, 4) is 5.75 Å². The fraction of sp³-hybridized carbons (Fsp3) is 0.414. The minimum absolute atomic E-state index is 0.117. The summed E-state index contributed by atoms with van der Waals surface area (Å²) in [6.07, 6.45) is 8.59. The zero-order chi connectivity index (χ0) is 26.3. The van der Waals surface area contributed by atoms with Crippen LogP contribution in [0.15, 0.2) is 76.2 Å². The lowest BCUT2D eigenvalue weighted by molar-refractivity contribution is -0.0160. The number of carbonyl (C=O) groups excluding carboxylic acids is 1. The summed E-state index contributed by atoms with van der Waals surface area (Å²) in [5.74, 6) is 2.36. The molecule has 2 aromatic carbocycles. The lowest BCUT2D eigenvalue weighted by Crippen LogP contribution is -2.61. The molecule has 1 N–H and O–H groups in total. The van der Waals surface area contributed by atoms with Crippen molar-refractivity contribution >= 4 is 16.1 Å². The predicted molar refractivity (Wildman–Crippen MR) is 138 cm³/mol. The largest absolute Gasteiger partial charge is 0.467 e. The summed E-state index contributed by atoms with van der Waals surface area (Å²) in [6.45, 7) is 0.525. The molecule has 4 saturated carbocycles. The van der Waals surface area contributed by atoms with E-state index in [1.54, 1.807) is 29.4 Å². The minimum Gasteiger partial charge on any atom is -0.467 e. The smallest absolute Gasteiger partial charge is 0.339 e. The van der Waals surface area contributed by atoms with Gasteiger partial charge >= 0.3 is 16.1 Å². The van der Waals surface area contributed by atoms with Crippen molar-refractivity contribution < 1.29 is 26.2 Å². The number of benzene rings is 2. The summed E-state index contributed by atoms with van der Waals surface area (Å²) in [6, 6.07) is 14.6. The van der Waals surface area contributed by atoms with E-state index < -0.39 is 15.9 Å². The molecule has 7 nitrogen and oxygen atoms in total. The first-order chi connectivity index (χ1) is 18.3. The van der Waals surface area contributed by atoms with E-state index in [-0.39, 0.29) is 35.3 Å². The van der Waals surface area contributed by atoms with Gasteiger partial charge in [-0.3, -0.25) is 0 Å². The molecule has 0 radical (unpaired) electrons. The highest BCUT2D eigenvalue weighted by Crippen LogP contribution is 2.55. The highest BCUT2D eigenvalue weighted by molar-refractivity contribution is 7.87. The second-order valence-electron chi connectivity index (χ2n) is 11.2. The predicted octanol–water partition coefficient (Wildman–Crippen LogP) is 5.87. The summed E-state index contributed by atoms with van der Waals surface area (Å²) in [5.41, 5.74) is 0.575. The van der Waals surface area contributed by atoms with Crippen LogP contribution in [-0.2, 0) is 23.2 Å². The van der Waals surface area contributed by atoms with E-state index in [0.717, 1.165) is 43.5 Å². The first kappa shape index (κ1) is 25.0. The molecule has 1 heterocycles. The van der Waals surface area contributed by atoms with Crippen molar-refractivity contribution in [1.29, 1.82) is 0 Å². The number of hydrogen-bond acceptors (Lipinski definition) is 5. The third kappa shape index (κ3) is 5.29. The van der Waals surface area contributed by atoms with Gasteiger partial charge in [-0.1, -0.05) is 12.1 Å². The maximum atomic E-state index is 13.7. The molecule has 3 aromatic rings. The molecule has 0 aliphatic heterocycles. The minimum atomic E-state index is -4.14. The van der Waals surface area contributed by atoms with E-state index in [1.807, 2.05) is 12.1 Å². The van der Waals surface area contributed by atoms with Gasteiger partial charge in [0.05, 0.1) is 12.8 Å². The molecule has 4 aliphatic rings. The summed E-state index contributed by atoms with van der Waals surface area (Å²) in [7, 11) is -4.14. The molecule has 0 spiro atoms. The van der Waals surface area contributed by atoms with Gasteiger partial charge in [0.25, 0.3) is 0 Å². The Morgan fingerprint density at radius 2 is 1.66 bits per heavy atom. The molecule has 7 rings (SSSR count). The van der Waals surface area contributed by atoms with Crippen LogP contribution < -0.4 is 9.50 Å². The second kappa shape index (κ2) is 9.76. The molecule has 2 amide bonds. The fourth-order valence-electron chi connectivity index (χ4n) is 7.05. The number of rotatable bonds is 8. The Morgan fingerprint density at radius 1 is 0.974 bits per heavy atom. The monoisotopic (exact) mass is 538 g/mol. The van der Waals surface area contributed by atoms with Crippen LogP contribution >= 0.6 is 0 Å². The molecule has 4 bridgehead atoms. The molecule has 200 valence electrons. The molecule has 1 aromatic heterocycles. The maximum Gasteiger partial charge on any atom is 0.339 e. The summed E-state index contributed by atoms with van der Waals surface area (Å²) >= 11 is 0. The first-order valence-corrected chi connectivity index (χ1v) is 14.5. The lowest BCUT2D eigenvalue weighted by Gasteiger charge is -2.57. The van der Waals surface area contributed by atoms with E-state index in [9.17, 15) is 17.6 Å². The number of nitrogens with zero attached hydrogens (tertiary/aromatic N) is 1. The average Bonchev–Trinajstić information content (AvgIpc) is 3.36. The Labute approximate surface area is 222 Å². The second-order valence-corrected chi connectivity index (χ2v) is 12.7. The van der Waals surface area contributed by atoms with Crippen molar-refractivity contribution in [3.05, 3.63) is 84.1 Å². The van der Waals surface area contributed by atoms with Gasteiger partial charge < -0.3 is 18.8 Å². The number of carbonyl (C=O) groups is 1. The normalized spacial score (nSPS) is 25.8. The Bertz CT molecular complexity index is 1370. The Kier molecular flexibility index (Phi) is 6.42. The third-order valence-corrected chi connectivity index (χ3v) is 9.47. The van der Waals surface area contributed by atoms with Gasteiger partial charge in [0.2, 0.25) is 0 Å². The van der Waals surface area contributed by atoms with Crippen LogP contribution in [0.1, 0.15) is 49.8 Å². The average molecular weight is 539 g/mol. The Morgan fingerprint density at radius 3 is 2.29 bits per heavy atom. The molecule has 38 heavy (non-hydrogen) atoms. The quantitative estimate of drug-likeness (QED) is 0.363. The van der Waals surface area contributed by atoms with Crippen LogP contribution in [0.2, 0.25) is 0 Å². The van der Waals surface area contributed by atoms with Crippen LogP contribution in [0.25, 0.3) is 0 Å². The van der Waals surface area contributed by atoms with E-state index >= 15 is 0 Å². The van der Waals surface area contributed by atoms with Crippen molar-refractivity contribution in [2.75, 3.05) is 0 Å². The number of nitrogens with one attached hydrogen (secondary N) is 1. The number of urea groups is 1. The maximum absolute atomic E-state index is 13.7. The van der Waals surface area contributed by atoms with Crippen LogP contribution in [-0.4, -0.2) is 24.9 Å². The molecular weight excluding hydrogens is 507 g/mol. The van der Waals surface area contributed by atoms with Crippen molar-refractivity contribution in [2.45, 2.75) is 62.0 Å². The van der Waals surface area contributed by atoms with Crippen molar-refractivity contribution in [1.82, 2.24) is 10.2 Å². The van der Waals surface area contributed by atoms with Gasteiger partial charge in [0.1, 0.15) is 22.2 Å². The van der Waals surface area contributed by atoms with Gasteiger partial charge in [-0.25, -0.2) is 9.18 Å². The standard InChI is InChI=1S/C29H31FN2O5S/c30-24-6-8-27(9-7-24)38(34,35)37-25-4-1-3-20(14-25)18-32(19-26-5-2-10-36-26)28(33)31-29-15-21-11-22(16-29)13-23(12-21)17-29/h1-10,14,21-23H,11-13,15-19H2,(H,31,33). The van der Waals surface area contributed by atoms with Crippen LogP contribution in [0, 0.1) is 23.6 Å². The summed E-state index contributed by atoms with van der Waals surface area (Å²) < 4.78 is 49.5. The highest BCUT2D eigenvalue weighted by Gasteiger charge is 2.51. The third-order valence-electron chi connectivity index (χ3n) is 8.20. The van der Waals surface area contributed by atoms with Gasteiger partial charge in [-0.05, 0) is 110 Å². The molecule has 0 atom stereocenters. The van der Waals surface area contributed by atoms with Gasteiger partial charge in [0.15, 0.2) is 0 Å². The SMILES string of the molecule is O=C(NC12CC3CC(CC(C3)C1)C2)N(Cc1cccc(OS(=O)(=O)c2ccc(F)cc2)c1)Cc1ccco1. The number of hydrogen-bond donors (Lipinski definition) is 1. The Balaban J connectivity index is 1.20. The zero-order valence-electron chi connectivity index (χ0n) is 21.0. The van der Waals surface area contributed by atoms with Crippen molar-refractivity contribution in [3.63, 3.8) is 0 Å². The topological polar surface area (TPSA) is 88.9 Å². The first-order valence-electron chi connectivity index (χ1n) is 13.1. The van der Waals surface area contributed by atoms with E-state index in [4.69, 9.17) is 8.60 Å². The highest BCUT2D eigenvalue weighted by atomic mass is 32.2. The zero-order valence-corrected chi connectivity index (χ0v) is 21.8. The molecule has 0 saturated heterocycles.